The Morgan fingerprint density at radius 1 is 1.10 bits per heavy atom. The molecule has 2 rings (SSSR count). The third-order valence-electron chi connectivity index (χ3n) is 4.62. The van der Waals surface area contributed by atoms with Crippen molar-refractivity contribution in [2.45, 2.75) is 64.0 Å². The summed E-state index contributed by atoms with van der Waals surface area (Å²) in [6.45, 7) is 2.64. The molecular weight excluding hydrogens is 276 g/mol. The molecule has 0 radical (unpaired) electrons. The number of carbonyl (C=O) groups excluding carboxylic acids is 1. The van der Waals surface area contributed by atoms with E-state index in [4.69, 9.17) is 0 Å². The quantitative estimate of drug-likeness (QED) is 0.859. The molecule has 1 saturated heterocycles. The SMILES string of the molecule is C[C@@H]1CCCC[C@@H]1NC(=O)[C@@H]1CCCCN1S(C)(=O)=O. The van der Waals surface area contributed by atoms with Crippen molar-refractivity contribution in [3.05, 3.63) is 0 Å². The zero-order chi connectivity index (χ0) is 14.8. The zero-order valence-corrected chi connectivity index (χ0v) is 13.3. The van der Waals surface area contributed by atoms with Crippen LogP contribution in [0.1, 0.15) is 51.9 Å². The Hall–Kier alpha value is -0.620. The maximum atomic E-state index is 12.5. The first kappa shape index (κ1) is 15.8. The lowest BCUT2D eigenvalue weighted by Gasteiger charge is -2.35. The van der Waals surface area contributed by atoms with Gasteiger partial charge in [-0.2, -0.15) is 4.31 Å². The van der Waals surface area contributed by atoms with Crippen LogP contribution in [0.3, 0.4) is 0 Å². The largest absolute Gasteiger partial charge is 0.352 e. The molecule has 0 bridgehead atoms. The Labute approximate surface area is 122 Å². The second kappa shape index (κ2) is 6.43. The van der Waals surface area contributed by atoms with Gasteiger partial charge in [-0.1, -0.05) is 26.2 Å². The van der Waals surface area contributed by atoms with E-state index in [1.165, 1.54) is 17.0 Å². The van der Waals surface area contributed by atoms with Crippen molar-refractivity contribution in [1.29, 1.82) is 0 Å². The number of nitrogens with one attached hydrogen (secondary N) is 1. The summed E-state index contributed by atoms with van der Waals surface area (Å²) in [5.41, 5.74) is 0. The normalized spacial score (nSPS) is 32.8. The number of nitrogens with zero attached hydrogens (tertiary/aromatic N) is 1. The summed E-state index contributed by atoms with van der Waals surface area (Å²) in [4.78, 5) is 12.5. The number of rotatable bonds is 3. The fourth-order valence-electron chi connectivity index (χ4n) is 3.37. The first-order valence-electron chi connectivity index (χ1n) is 7.67. The van der Waals surface area contributed by atoms with Gasteiger partial charge in [-0.05, 0) is 31.6 Å². The lowest BCUT2D eigenvalue weighted by atomic mass is 9.85. The fraction of sp³-hybridized carbons (Fsp3) is 0.929. The number of piperidine rings is 1. The highest BCUT2D eigenvalue weighted by Crippen LogP contribution is 2.25. The Bertz CT molecular complexity index is 449. The Morgan fingerprint density at radius 2 is 1.75 bits per heavy atom. The van der Waals surface area contributed by atoms with Gasteiger partial charge in [0.25, 0.3) is 0 Å². The molecule has 0 spiro atoms. The molecule has 3 atom stereocenters. The van der Waals surface area contributed by atoms with Crippen molar-refractivity contribution in [3.8, 4) is 0 Å². The fourth-order valence-corrected chi connectivity index (χ4v) is 4.50. The van der Waals surface area contributed by atoms with Gasteiger partial charge in [-0.25, -0.2) is 8.42 Å². The van der Waals surface area contributed by atoms with Crippen LogP contribution in [-0.4, -0.2) is 43.5 Å². The molecule has 6 heteroatoms. The monoisotopic (exact) mass is 302 g/mol. The summed E-state index contributed by atoms with van der Waals surface area (Å²) in [6, 6.07) is -0.299. The summed E-state index contributed by atoms with van der Waals surface area (Å²) < 4.78 is 25.0. The maximum absolute atomic E-state index is 12.5. The minimum atomic E-state index is -3.30. The summed E-state index contributed by atoms with van der Waals surface area (Å²) >= 11 is 0. The molecule has 1 saturated carbocycles. The van der Waals surface area contributed by atoms with Crippen LogP contribution in [0, 0.1) is 5.92 Å². The predicted octanol–water partition coefficient (Wildman–Crippen LogP) is 1.50. The molecule has 1 N–H and O–H groups in total. The van der Waals surface area contributed by atoms with Crippen LogP contribution in [0.25, 0.3) is 0 Å². The molecule has 2 fully saturated rings. The molecule has 0 unspecified atom stereocenters. The molecule has 2 aliphatic rings. The van der Waals surface area contributed by atoms with Crippen molar-refractivity contribution >= 4 is 15.9 Å². The van der Waals surface area contributed by atoms with Gasteiger partial charge >= 0.3 is 0 Å². The molecule has 0 aromatic rings. The molecule has 1 aliphatic heterocycles. The summed E-state index contributed by atoms with van der Waals surface area (Å²) in [7, 11) is -3.30. The molecular formula is C14H26N2O3S. The van der Waals surface area contributed by atoms with E-state index in [0.29, 0.717) is 18.9 Å². The number of sulfonamides is 1. The number of amides is 1. The van der Waals surface area contributed by atoms with Crippen LogP contribution in [-0.2, 0) is 14.8 Å². The number of carbonyl (C=O) groups is 1. The Balaban J connectivity index is 2.02. The third-order valence-corrected chi connectivity index (χ3v) is 5.91. The van der Waals surface area contributed by atoms with Crippen molar-refractivity contribution in [1.82, 2.24) is 9.62 Å². The minimum absolute atomic E-state index is 0.103. The maximum Gasteiger partial charge on any atom is 0.238 e. The van der Waals surface area contributed by atoms with Gasteiger partial charge < -0.3 is 5.32 Å². The van der Waals surface area contributed by atoms with Gasteiger partial charge in [0.05, 0.1) is 6.26 Å². The summed E-state index contributed by atoms with van der Waals surface area (Å²) in [6.07, 6.45) is 8.13. The van der Waals surface area contributed by atoms with Gasteiger partial charge in [0.1, 0.15) is 6.04 Å². The molecule has 1 aliphatic carbocycles. The zero-order valence-electron chi connectivity index (χ0n) is 12.5. The first-order valence-corrected chi connectivity index (χ1v) is 9.51. The topological polar surface area (TPSA) is 66.5 Å². The molecule has 1 heterocycles. The van der Waals surface area contributed by atoms with E-state index in [1.54, 1.807) is 0 Å². The Kier molecular flexibility index (Phi) is 5.07. The van der Waals surface area contributed by atoms with E-state index in [-0.39, 0.29) is 11.9 Å². The lowest BCUT2D eigenvalue weighted by Crippen LogP contribution is -2.54. The van der Waals surface area contributed by atoms with Gasteiger partial charge in [-0.15, -0.1) is 0 Å². The highest BCUT2D eigenvalue weighted by atomic mass is 32.2. The average Bonchev–Trinajstić information content (AvgIpc) is 2.40. The van der Waals surface area contributed by atoms with Crippen LogP contribution < -0.4 is 5.32 Å². The van der Waals surface area contributed by atoms with Crippen LogP contribution in [0.15, 0.2) is 0 Å². The van der Waals surface area contributed by atoms with Crippen molar-refractivity contribution in [2.24, 2.45) is 5.92 Å². The molecule has 116 valence electrons. The van der Waals surface area contributed by atoms with E-state index >= 15 is 0 Å². The minimum Gasteiger partial charge on any atom is -0.352 e. The Morgan fingerprint density at radius 3 is 2.40 bits per heavy atom. The summed E-state index contributed by atoms with van der Waals surface area (Å²) in [5.74, 6) is 0.386. The van der Waals surface area contributed by atoms with Crippen LogP contribution in [0.5, 0.6) is 0 Å². The van der Waals surface area contributed by atoms with Crippen LogP contribution in [0.2, 0.25) is 0 Å². The van der Waals surface area contributed by atoms with Crippen LogP contribution in [0.4, 0.5) is 0 Å². The molecule has 0 aromatic carbocycles. The van der Waals surface area contributed by atoms with Crippen molar-refractivity contribution < 1.29 is 13.2 Å². The van der Waals surface area contributed by atoms with E-state index < -0.39 is 16.1 Å². The molecule has 0 aromatic heterocycles. The highest BCUT2D eigenvalue weighted by Gasteiger charge is 2.35. The summed E-state index contributed by atoms with van der Waals surface area (Å²) in [5, 5.41) is 3.10. The second-order valence-electron chi connectivity index (χ2n) is 6.26. The van der Waals surface area contributed by atoms with Gasteiger partial charge in [0, 0.05) is 12.6 Å². The van der Waals surface area contributed by atoms with Crippen molar-refractivity contribution in [2.75, 3.05) is 12.8 Å². The smallest absolute Gasteiger partial charge is 0.238 e. The van der Waals surface area contributed by atoms with E-state index in [1.807, 2.05) is 0 Å². The van der Waals surface area contributed by atoms with Crippen LogP contribution >= 0.6 is 0 Å². The van der Waals surface area contributed by atoms with Gasteiger partial charge in [0.15, 0.2) is 0 Å². The molecule has 5 nitrogen and oxygen atoms in total. The predicted molar refractivity (Wildman–Crippen MR) is 78.8 cm³/mol. The van der Waals surface area contributed by atoms with Gasteiger partial charge in [-0.3, -0.25) is 4.79 Å². The number of hydrogen-bond donors (Lipinski definition) is 1. The highest BCUT2D eigenvalue weighted by molar-refractivity contribution is 7.88. The van der Waals surface area contributed by atoms with E-state index in [9.17, 15) is 13.2 Å². The first-order chi connectivity index (χ1) is 9.39. The lowest BCUT2D eigenvalue weighted by molar-refractivity contribution is -0.127. The van der Waals surface area contributed by atoms with Crippen molar-refractivity contribution in [3.63, 3.8) is 0 Å². The standard InChI is InChI=1S/C14H26N2O3S/c1-11-7-3-4-8-12(11)15-14(17)13-9-5-6-10-16(13)20(2,18)19/h11-13H,3-10H2,1-2H3,(H,15,17)/t11-,12+,13+/m1/s1. The third kappa shape index (κ3) is 3.73. The second-order valence-corrected chi connectivity index (χ2v) is 8.20. The van der Waals surface area contributed by atoms with E-state index in [2.05, 4.69) is 12.2 Å². The van der Waals surface area contributed by atoms with E-state index in [0.717, 1.165) is 32.1 Å². The number of hydrogen-bond acceptors (Lipinski definition) is 3. The molecule has 20 heavy (non-hydrogen) atoms. The molecule has 1 amide bonds. The average molecular weight is 302 g/mol. The van der Waals surface area contributed by atoms with Gasteiger partial charge in [0.2, 0.25) is 15.9 Å².